The van der Waals surface area contributed by atoms with E-state index in [0.717, 1.165) is 6.42 Å². The predicted octanol–water partition coefficient (Wildman–Crippen LogP) is 3.19. The zero-order valence-corrected chi connectivity index (χ0v) is 10.8. The quantitative estimate of drug-likeness (QED) is 0.841. The van der Waals surface area contributed by atoms with Crippen molar-refractivity contribution < 1.29 is 13.9 Å². The van der Waals surface area contributed by atoms with Crippen molar-refractivity contribution >= 4 is 0 Å². The Kier molecular flexibility index (Phi) is 4.71. The minimum absolute atomic E-state index is 0.120. The predicted molar refractivity (Wildman–Crippen MR) is 71.1 cm³/mol. The first-order valence-electron chi connectivity index (χ1n) is 6.41. The van der Waals surface area contributed by atoms with E-state index in [-0.39, 0.29) is 11.9 Å². The molecule has 102 valence electrons. The van der Waals surface area contributed by atoms with E-state index in [9.17, 15) is 9.50 Å². The highest BCUT2D eigenvalue weighted by Gasteiger charge is 2.16. The molecule has 0 saturated heterocycles. The van der Waals surface area contributed by atoms with Crippen LogP contribution in [0.1, 0.15) is 36.8 Å². The summed E-state index contributed by atoms with van der Waals surface area (Å²) in [5.74, 6) is 0.283. The molecule has 2 aromatic rings. The minimum Gasteiger partial charge on any atom is -0.467 e. The van der Waals surface area contributed by atoms with Crippen LogP contribution < -0.4 is 5.32 Å². The Bertz CT molecular complexity index is 499. The molecule has 0 radical (unpaired) electrons. The fourth-order valence-corrected chi connectivity index (χ4v) is 2.07. The van der Waals surface area contributed by atoms with Gasteiger partial charge < -0.3 is 14.8 Å². The molecule has 3 nitrogen and oxygen atoms in total. The van der Waals surface area contributed by atoms with E-state index in [1.807, 2.05) is 13.0 Å². The highest BCUT2D eigenvalue weighted by Crippen LogP contribution is 2.21. The lowest BCUT2D eigenvalue weighted by Gasteiger charge is -2.19. The van der Waals surface area contributed by atoms with Gasteiger partial charge in [0.05, 0.1) is 6.26 Å². The summed E-state index contributed by atoms with van der Waals surface area (Å²) in [6, 6.07) is 10.0. The summed E-state index contributed by atoms with van der Waals surface area (Å²) in [5, 5.41) is 13.1. The molecule has 0 aliphatic rings. The van der Waals surface area contributed by atoms with Crippen LogP contribution in [-0.4, -0.2) is 11.7 Å². The summed E-state index contributed by atoms with van der Waals surface area (Å²) in [7, 11) is 0. The Balaban J connectivity index is 1.99. The number of halogens is 1. The Morgan fingerprint density at radius 1 is 1.26 bits per heavy atom. The van der Waals surface area contributed by atoms with Gasteiger partial charge in [0.2, 0.25) is 0 Å². The van der Waals surface area contributed by atoms with Crippen LogP contribution >= 0.6 is 0 Å². The van der Waals surface area contributed by atoms with Gasteiger partial charge in [-0.25, -0.2) is 4.39 Å². The Labute approximate surface area is 112 Å². The van der Waals surface area contributed by atoms with Crippen molar-refractivity contribution in [2.24, 2.45) is 0 Å². The first-order valence-corrected chi connectivity index (χ1v) is 6.41. The van der Waals surface area contributed by atoms with Gasteiger partial charge in [0.25, 0.3) is 0 Å². The molecular weight excluding hydrogens is 245 g/mol. The van der Waals surface area contributed by atoms with Crippen molar-refractivity contribution in [3.8, 4) is 0 Å². The van der Waals surface area contributed by atoms with E-state index >= 15 is 0 Å². The zero-order chi connectivity index (χ0) is 13.7. The lowest BCUT2D eigenvalue weighted by Crippen LogP contribution is -2.26. The lowest BCUT2D eigenvalue weighted by atomic mass is 10.0. The molecule has 2 rings (SSSR count). The van der Waals surface area contributed by atoms with Gasteiger partial charge in [-0.3, -0.25) is 0 Å². The Hall–Kier alpha value is -1.65. The van der Waals surface area contributed by atoms with Crippen molar-refractivity contribution in [1.82, 2.24) is 5.32 Å². The molecule has 2 unspecified atom stereocenters. The number of nitrogens with one attached hydrogen (secondary N) is 1. The molecule has 19 heavy (non-hydrogen) atoms. The highest BCUT2D eigenvalue weighted by molar-refractivity contribution is 5.21. The average Bonchev–Trinajstić information content (AvgIpc) is 2.95. The van der Waals surface area contributed by atoms with Gasteiger partial charge in [-0.2, -0.15) is 0 Å². The third-order valence-corrected chi connectivity index (χ3v) is 3.12. The number of furan rings is 1. The second kappa shape index (κ2) is 6.50. The van der Waals surface area contributed by atoms with E-state index < -0.39 is 6.10 Å². The van der Waals surface area contributed by atoms with Crippen molar-refractivity contribution in [2.45, 2.75) is 25.5 Å². The maximum atomic E-state index is 13.7. The molecule has 1 aromatic heterocycles. The fourth-order valence-electron chi connectivity index (χ4n) is 2.07. The SMILES string of the molecule is CCC(NCC(O)c1ccco1)c1ccccc1F. The van der Waals surface area contributed by atoms with E-state index in [1.54, 1.807) is 24.3 Å². The van der Waals surface area contributed by atoms with Gasteiger partial charge in [-0.1, -0.05) is 25.1 Å². The van der Waals surface area contributed by atoms with Crippen molar-refractivity contribution in [3.05, 3.63) is 59.8 Å². The monoisotopic (exact) mass is 263 g/mol. The summed E-state index contributed by atoms with van der Waals surface area (Å²) in [5.41, 5.74) is 0.622. The van der Waals surface area contributed by atoms with Crippen molar-refractivity contribution in [2.75, 3.05) is 6.54 Å². The normalized spacial score (nSPS) is 14.3. The molecule has 2 atom stereocenters. The van der Waals surface area contributed by atoms with Gasteiger partial charge in [-0.15, -0.1) is 0 Å². The van der Waals surface area contributed by atoms with Crippen LogP contribution in [0, 0.1) is 5.82 Å². The van der Waals surface area contributed by atoms with Crippen molar-refractivity contribution in [1.29, 1.82) is 0 Å². The van der Waals surface area contributed by atoms with E-state index in [1.165, 1.54) is 12.3 Å². The summed E-state index contributed by atoms with van der Waals surface area (Å²) >= 11 is 0. The number of aliphatic hydroxyl groups is 1. The third kappa shape index (κ3) is 3.43. The second-order valence-electron chi connectivity index (χ2n) is 4.42. The van der Waals surface area contributed by atoms with Crippen LogP contribution in [0.4, 0.5) is 4.39 Å². The molecule has 2 N–H and O–H groups in total. The Morgan fingerprint density at radius 2 is 2.05 bits per heavy atom. The smallest absolute Gasteiger partial charge is 0.133 e. The average molecular weight is 263 g/mol. The summed E-state index contributed by atoms with van der Waals surface area (Å²) in [6.07, 6.45) is 1.54. The van der Waals surface area contributed by atoms with Gasteiger partial charge >= 0.3 is 0 Å². The number of hydrogen-bond acceptors (Lipinski definition) is 3. The molecule has 1 heterocycles. The molecule has 0 bridgehead atoms. The van der Waals surface area contributed by atoms with Crippen LogP contribution in [0.15, 0.2) is 47.1 Å². The largest absolute Gasteiger partial charge is 0.467 e. The standard InChI is InChI=1S/C15H18FNO2/c1-2-13(11-6-3-4-7-12(11)16)17-10-14(18)15-8-5-9-19-15/h3-9,13-14,17-18H,2,10H2,1H3. The molecule has 0 aliphatic heterocycles. The van der Waals surface area contributed by atoms with Crippen LogP contribution in [0.3, 0.4) is 0 Å². The van der Waals surface area contributed by atoms with Gasteiger partial charge in [0.1, 0.15) is 17.7 Å². The molecule has 0 fully saturated rings. The van der Waals surface area contributed by atoms with E-state index in [0.29, 0.717) is 17.9 Å². The third-order valence-electron chi connectivity index (χ3n) is 3.12. The molecule has 0 aliphatic carbocycles. The highest BCUT2D eigenvalue weighted by atomic mass is 19.1. The van der Waals surface area contributed by atoms with Crippen molar-refractivity contribution in [3.63, 3.8) is 0 Å². The van der Waals surface area contributed by atoms with Crippen LogP contribution in [0.2, 0.25) is 0 Å². The lowest BCUT2D eigenvalue weighted by molar-refractivity contribution is 0.143. The maximum Gasteiger partial charge on any atom is 0.133 e. The maximum absolute atomic E-state index is 13.7. The van der Waals surface area contributed by atoms with Crippen LogP contribution in [0.5, 0.6) is 0 Å². The number of aliphatic hydroxyl groups excluding tert-OH is 1. The van der Waals surface area contributed by atoms with Gasteiger partial charge in [0, 0.05) is 18.2 Å². The molecule has 4 heteroatoms. The number of hydrogen-bond donors (Lipinski definition) is 2. The van der Waals surface area contributed by atoms with Crippen LogP contribution in [0.25, 0.3) is 0 Å². The second-order valence-corrected chi connectivity index (χ2v) is 4.42. The summed E-state index contributed by atoms with van der Waals surface area (Å²) in [4.78, 5) is 0. The summed E-state index contributed by atoms with van der Waals surface area (Å²) < 4.78 is 18.8. The number of rotatable bonds is 6. The first-order chi connectivity index (χ1) is 9.22. The molecule has 0 spiro atoms. The molecular formula is C15H18FNO2. The van der Waals surface area contributed by atoms with Gasteiger partial charge in [0.15, 0.2) is 0 Å². The van der Waals surface area contributed by atoms with Crippen LogP contribution in [-0.2, 0) is 0 Å². The van der Waals surface area contributed by atoms with Gasteiger partial charge in [-0.05, 0) is 24.6 Å². The molecule has 0 saturated carbocycles. The van der Waals surface area contributed by atoms with E-state index in [2.05, 4.69) is 5.32 Å². The first kappa shape index (κ1) is 13.8. The zero-order valence-electron chi connectivity index (χ0n) is 10.8. The Morgan fingerprint density at radius 3 is 2.68 bits per heavy atom. The minimum atomic E-state index is -0.726. The molecule has 1 aromatic carbocycles. The summed E-state index contributed by atoms with van der Waals surface area (Å²) in [6.45, 7) is 2.30. The topological polar surface area (TPSA) is 45.4 Å². The fraction of sp³-hybridized carbons (Fsp3) is 0.333. The number of benzene rings is 1. The van der Waals surface area contributed by atoms with E-state index in [4.69, 9.17) is 4.42 Å². The molecule has 0 amide bonds.